The number of halogens is 1. The third kappa shape index (κ3) is 3.38. The van der Waals surface area contributed by atoms with E-state index in [1.165, 1.54) is 17.0 Å². The summed E-state index contributed by atoms with van der Waals surface area (Å²) in [6.45, 7) is 0.106. The molecule has 25 heavy (non-hydrogen) atoms. The molecule has 0 radical (unpaired) electrons. The van der Waals surface area contributed by atoms with Gasteiger partial charge in [0.15, 0.2) is 6.61 Å². The van der Waals surface area contributed by atoms with Crippen molar-refractivity contribution in [2.75, 3.05) is 18.6 Å². The van der Waals surface area contributed by atoms with Gasteiger partial charge in [-0.05, 0) is 35.9 Å². The van der Waals surface area contributed by atoms with Gasteiger partial charge in [0.2, 0.25) is 0 Å². The number of carbonyl (C=O) groups excluding carboxylic acids is 2. The summed E-state index contributed by atoms with van der Waals surface area (Å²) in [6.07, 6.45) is 0. The largest absolute Gasteiger partial charge is 0.497 e. The molecule has 0 saturated heterocycles. The zero-order valence-corrected chi connectivity index (χ0v) is 14.0. The van der Waals surface area contributed by atoms with Gasteiger partial charge >= 0.3 is 0 Å². The third-order valence-electron chi connectivity index (χ3n) is 3.85. The molecule has 0 atom stereocenters. The smallest absolute Gasteiger partial charge is 0.274 e. The Morgan fingerprint density at radius 1 is 1.36 bits per heavy atom. The van der Waals surface area contributed by atoms with E-state index in [1.807, 2.05) is 0 Å². The first-order chi connectivity index (χ1) is 12.0. The van der Waals surface area contributed by atoms with Crippen LogP contribution in [0, 0.1) is 0 Å². The van der Waals surface area contributed by atoms with Crippen molar-refractivity contribution in [2.24, 2.45) is 0 Å². The van der Waals surface area contributed by atoms with Crippen LogP contribution in [0.4, 0.5) is 5.69 Å². The topological polar surface area (TPSA) is 88.1 Å². The van der Waals surface area contributed by atoms with E-state index >= 15 is 0 Å². The highest BCUT2D eigenvalue weighted by atomic mass is 35.5. The Bertz CT molecular complexity index is 840. The number of hydrogen-bond donors (Lipinski definition) is 2. The molecule has 0 saturated carbocycles. The Kier molecular flexibility index (Phi) is 4.78. The normalized spacial score (nSPS) is 13.1. The van der Waals surface area contributed by atoms with E-state index in [1.54, 1.807) is 36.9 Å². The first kappa shape index (κ1) is 17.1. The van der Waals surface area contributed by atoms with Gasteiger partial charge < -0.3 is 14.4 Å². The number of fused-ring (bicyclic) bond motifs is 1. The van der Waals surface area contributed by atoms with Crippen molar-refractivity contribution in [3.63, 3.8) is 0 Å². The lowest BCUT2D eigenvalue weighted by Gasteiger charge is -2.30. The van der Waals surface area contributed by atoms with Gasteiger partial charge in [-0.2, -0.15) is 0 Å². The number of carbonyl (C=O) groups is 2. The van der Waals surface area contributed by atoms with Crippen LogP contribution in [0.15, 0.2) is 36.4 Å². The Morgan fingerprint density at radius 2 is 2.16 bits per heavy atom. The van der Waals surface area contributed by atoms with E-state index < -0.39 is 5.91 Å². The van der Waals surface area contributed by atoms with Gasteiger partial charge in [-0.1, -0.05) is 17.7 Å². The highest BCUT2D eigenvalue weighted by Crippen LogP contribution is 2.35. The summed E-state index contributed by atoms with van der Waals surface area (Å²) < 4.78 is 10.5. The molecule has 0 aliphatic carbocycles. The van der Waals surface area contributed by atoms with Gasteiger partial charge in [0.1, 0.15) is 11.5 Å². The van der Waals surface area contributed by atoms with Crippen molar-refractivity contribution >= 4 is 29.1 Å². The number of methoxy groups -OCH3 is 1. The van der Waals surface area contributed by atoms with E-state index in [2.05, 4.69) is 0 Å². The van der Waals surface area contributed by atoms with Gasteiger partial charge in [0.05, 0.1) is 19.3 Å². The summed E-state index contributed by atoms with van der Waals surface area (Å²) in [5, 5.41) is 9.25. The summed E-state index contributed by atoms with van der Waals surface area (Å²) in [4.78, 5) is 25.4. The number of nitrogens with one attached hydrogen (secondary N) is 1. The highest BCUT2D eigenvalue weighted by Gasteiger charge is 2.27. The molecule has 2 aromatic rings. The van der Waals surface area contributed by atoms with Crippen LogP contribution >= 0.6 is 11.6 Å². The molecule has 1 aliphatic rings. The van der Waals surface area contributed by atoms with Crippen molar-refractivity contribution in [1.82, 2.24) is 5.48 Å². The van der Waals surface area contributed by atoms with Gasteiger partial charge in [0.25, 0.3) is 11.8 Å². The number of nitrogens with zero attached hydrogens (tertiary/aromatic N) is 1. The van der Waals surface area contributed by atoms with E-state index in [9.17, 15) is 9.59 Å². The number of amides is 2. The minimum Gasteiger partial charge on any atom is -0.497 e. The molecule has 7 nitrogen and oxygen atoms in total. The molecule has 0 bridgehead atoms. The molecule has 8 heteroatoms. The number of anilines is 1. The van der Waals surface area contributed by atoms with Crippen LogP contribution in [0.25, 0.3) is 0 Å². The second-order valence-corrected chi connectivity index (χ2v) is 5.76. The molecule has 0 unspecified atom stereocenters. The Morgan fingerprint density at radius 3 is 2.84 bits per heavy atom. The molecule has 1 aliphatic heterocycles. The number of hydrogen-bond acceptors (Lipinski definition) is 5. The second kappa shape index (κ2) is 7.00. The quantitative estimate of drug-likeness (QED) is 0.644. The monoisotopic (exact) mass is 362 g/mol. The molecular weight excluding hydrogens is 348 g/mol. The standard InChI is InChI=1S/C17H15ClN2O5/c1-24-12-4-2-11(13(18)7-12)8-20-14-6-10(17(22)19-23)3-5-15(14)25-9-16(20)21/h2-7,23H,8-9H2,1H3,(H,19,22). The number of benzene rings is 2. The minimum atomic E-state index is -0.678. The summed E-state index contributed by atoms with van der Waals surface area (Å²) >= 11 is 6.26. The van der Waals surface area contributed by atoms with Crippen LogP contribution in [0.2, 0.25) is 5.02 Å². The van der Waals surface area contributed by atoms with Gasteiger partial charge in [0, 0.05) is 10.6 Å². The highest BCUT2D eigenvalue weighted by molar-refractivity contribution is 6.31. The molecular formula is C17H15ClN2O5. The summed E-state index contributed by atoms with van der Waals surface area (Å²) in [5.74, 6) is 0.146. The van der Waals surface area contributed by atoms with Crippen molar-refractivity contribution in [1.29, 1.82) is 0 Å². The van der Waals surface area contributed by atoms with E-state index in [0.717, 1.165) is 5.56 Å². The molecule has 0 fully saturated rings. The molecule has 1 heterocycles. The lowest BCUT2D eigenvalue weighted by Crippen LogP contribution is -2.38. The van der Waals surface area contributed by atoms with Gasteiger partial charge in [-0.3, -0.25) is 14.8 Å². The van der Waals surface area contributed by atoms with Gasteiger partial charge in [-0.15, -0.1) is 0 Å². The predicted octanol–water partition coefficient (Wildman–Crippen LogP) is 2.39. The molecule has 2 N–H and O–H groups in total. The summed E-state index contributed by atoms with van der Waals surface area (Å²) in [6, 6.07) is 9.75. The molecule has 0 aromatic heterocycles. The summed E-state index contributed by atoms with van der Waals surface area (Å²) in [5.41, 5.74) is 2.92. The Labute approximate surface area is 148 Å². The maximum atomic E-state index is 12.3. The van der Waals surface area contributed by atoms with Crippen LogP contribution in [0.3, 0.4) is 0 Å². The fraction of sp³-hybridized carbons (Fsp3) is 0.176. The first-order valence-electron chi connectivity index (χ1n) is 7.37. The van der Waals surface area contributed by atoms with Crippen LogP contribution < -0.4 is 19.9 Å². The zero-order chi connectivity index (χ0) is 18.0. The lowest BCUT2D eigenvalue weighted by molar-refractivity contribution is -0.121. The van der Waals surface area contributed by atoms with Crippen molar-refractivity contribution in [3.05, 3.63) is 52.5 Å². The number of rotatable bonds is 4. The third-order valence-corrected chi connectivity index (χ3v) is 4.21. The number of hydroxylamine groups is 1. The van der Waals surface area contributed by atoms with Crippen molar-refractivity contribution < 1.29 is 24.3 Å². The molecule has 130 valence electrons. The molecule has 0 spiro atoms. The number of ether oxygens (including phenoxy) is 2. The maximum absolute atomic E-state index is 12.3. The van der Waals surface area contributed by atoms with Crippen molar-refractivity contribution in [3.8, 4) is 11.5 Å². The van der Waals surface area contributed by atoms with Crippen LogP contribution in [0.5, 0.6) is 11.5 Å². The Hall–Kier alpha value is -2.77. The van der Waals surface area contributed by atoms with E-state index in [0.29, 0.717) is 22.2 Å². The summed E-state index contributed by atoms with van der Waals surface area (Å²) in [7, 11) is 1.54. The fourth-order valence-electron chi connectivity index (χ4n) is 2.53. The average Bonchev–Trinajstić information content (AvgIpc) is 2.64. The van der Waals surface area contributed by atoms with Gasteiger partial charge in [-0.25, -0.2) is 5.48 Å². The lowest BCUT2D eigenvalue weighted by atomic mass is 10.1. The van der Waals surface area contributed by atoms with Crippen LogP contribution in [0.1, 0.15) is 15.9 Å². The fourth-order valence-corrected chi connectivity index (χ4v) is 2.77. The van der Waals surface area contributed by atoms with Crippen LogP contribution in [-0.4, -0.2) is 30.7 Å². The molecule has 2 aromatic carbocycles. The predicted molar refractivity (Wildman–Crippen MR) is 90.4 cm³/mol. The zero-order valence-electron chi connectivity index (χ0n) is 13.3. The minimum absolute atomic E-state index is 0.105. The van der Waals surface area contributed by atoms with Crippen LogP contribution in [-0.2, 0) is 11.3 Å². The average molecular weight is 363 g/mol. The SMILES string of the molecule is COc1ccc(CN2C(=O)COc3ccc(C(=O)NO)cc32)c(Cl)c1. The Balaban J connectivity index is 1.97. The van der Waals surface area contributed by atoms with Crippen molar-refractivity contribution in [2.45, 2.75) is 6.54 Å². The first-order valence-corrected chi connectivity index (χ1v) is 7.75. The van der Waals surface area contributed by atoms with E-state index in [-0.39, 0.29) is 24.6 Å². The van der Waals surface area contributed by atoms with E-state index in [4.69, 9.17) is 26.3 Å². The maximum Gasteiger partial charge on any atom is 0.274 e. The second-order valence-electron chi connectivity index (χ2n) is 5.35. The molecule has 2 amide bonds. The molecule has 3 rings (SSSR count).